The number of nitrogens with zero attached hydrogens (tertiary/aromatic N) is 4. The molecule has 1 saturated carbocycles. The Kier molecular flexibility index (Phi) is 9.22. The van der Waals surface area contributed by atoms with Crippen LogP contribution in [0.15, 0.2) is 0 Å². The van der Waals surface area contributed by atoms with Crippen LogP contribution in [0.2, 0.25) is 0 Å². The van der Waals surface area contributed by atoms with Gasteiger partial charge in [0, 0.05) is 45.6 Å². The number of amides is 3. The van der Waals surface area contributed by atoms with Crippen LogP contribution in [0, 0.1) is 17.2 Å². The lowest BCUT2D eigenvalue weighted by molar-refractivity contribution is -0.138. The van der Waals surface area contributed by atoms with Gasteiger partial charge >= 0.3 is 12.2 Å². The zero-order chi connectivity index (χ0) is 25.5. The third-order valence-electron chi connectivity index (χ3n) is 7.04. The number of ether oxygens (including phenoxy) is 3. The second kappa shape index (κ2) is 11.9. The molecule has 0 atom stereocenters. The third kappa shape index (κ3) is 7.47. The van der Waals surface area contributed by atoms with Gasteiger partial charge in [0.2, 0.25) is 0 Å². The smallest absolute Gasteiger partial charge is 0.411 e. The minimum atomic E-state index is -1.09. The number of carbonyl (C=O) groups is 3. The molecule has 0 radical (unpaired) electrons. The maximum absolute atomic E-state index is 13.3. The summed E-state index contributed by atoms with van der Waals surface area (Å²) in [6.45, 7) is 8.02. The second-order valence-corrected chi connectivity index (χ2v) is 10.8. The van der Waals surface area contributed by atoms with Crippen molar-refractivity contribution in [1.29, 1.82) is 5.26 Å². The van der Waals surface area contributed by atoms with Gasteiger partial charge in [-0.25, -0.2) is 9.59 Å². The standard InChI is InChI=1S/C25H40N4O6/c1-24(2,3)35-22(31)28-11-9-25(19-26,10-12-28)29(17-20-7-5-4-6-8-20)23(32)34-18-21(30)27-13-15-33-16-14-27/h20H,4-18H2,1-3H3. The van der Waals surface area contributed by atoms with Gasteiger partial charge in [0.05, 0.1) is 19.3 Å². The number of nitriles is 1. The Bertz CT molecular complexity index is 785. The summed E-state index contributed by atoms with van der Waals surface area (Å²) in [5.74, 6) is 0.0328. The summed E-state index contributed by atoms with van der Waals surface area (Å²) < 4.78 is 16.2. The van der Waals surface area contributed by atoms with E-state index in [1.54, 1.807) is 14.7 Å². The zero-order valence-electron chi connectivity index (χ0n) is 21.4. The lowest BCUT2D eigenvalue weighted by Crippen LogP contribution is -2.59. The molecule has 3 fully saturated rings. The van der Waals surface area contributed by atoms with E-state index in [1.165, 1.54) is 6.42 Å². The Balaban J connectivity index is 1.68. The van der Waals surface area contributed by atoms with E-state index in [9.17, 15) is 19.6 Å². The van der Waals surface area contributed by atoms with Gasteiger partial charge in [-0.3, -0.25) is 9.69 Å². The molecule has 2 heterocycles. The fraction of sp³-hybridized carbons (Fsp3) is 0.840. The largest absolute Gasteiger partial charge is 0.444 e. The normalized spacial score (nSPS) is 21.1. The maximum Gasteiger partial charge on any atom is 0.411 e. The number of rotatable bonds is 5. The van der Waals surface area contributed by atoms with Gasteiger partial charge < -0.3 is 24.0 Å². The van der Waals surface area contributed by atoms with E-state index in [0.29, 0.717) is 64.7 Å². The van der Waals surface area contributed by atoms with Gasteiger partial charge in [-0.1, -0.05) is 19.3 Å². The Morgan fingerprint density at radius 3 is 2.23 bits per heavy atom. The molecule has 0 unspecified atom stereocenters. The SMILES string of the molecule is CC(C)(C)OC(=O)N1CCC(C#N)(N(CC2CCCCC2)C(=O)OCC(=O)N2CCOCC2)CC1. The summed E-state index contributed by atoms with van der Waals surface area (Å²) in [6, 6.07) is 2.38. The van der Waals surface area contributed by atoms with Crippen LogP contribution in [0.4, 0.5) is 9.59 Å². The minimum absolute atomic E-state index is 0.259. The Hall–Kier alpha value is -2.54. The molecule has 0 aromatic rings. The highest BCUT2D eigenvalue weighted by Crippen LogP contribution is 2.33. The molecule has 196 valence electrons. The molecule has 3 amide bonds. The Labute approximate surface area is 208 Å². The van der Waals surface area contributed by atoms with Crippen LogP contribution in [0.3, 0.4) is 0 Å². The molecule has 10 nitrogen and oxygen atoms in total. The summed E-state index contributed by atoms with van der Waals surface area (Å²) in [7, 11) is 0. The van der Waals surface area contributed by atoms with E-state index >= 15 is 0 Å². The van der Waals surface area contributed by atoms with Gasteiger partial charge in [-0.2, -0.15) is 5.26 Å². The highest BCUT2D eigenvalue weighted by atomic mass is 16.6. The molecule has 2 saturated heterocycles. The number of carbonyl (C=O) groups excluding carboxylic acids is 3. The van der Waals surface area contributed by atoms with Crippen molar-refractivity contribution in [3.05, 3.63) is 0 Å². The molecule has 0 aromatic heterocycles. The predicted molar refractivity (Wildman–Crippen MR) is 127 cm³/mol. The molecule has 0 bridgehead atoms. The van der Waals surface area contributed by atoms with E-state index < -0.39 is 23.3 Å². The predicted octanol–water partition coefficient (Wildman–Crippen LogP) is 3.16. The monoisotopic (exact) mass is 492 g/mol. The summed E-state index contributed by atoms with van der Waals surface area (Å²) in [4.78, 5) is 43.1. The van der Waals surface area contributed by atoms with Crippen molar-refractivity contribution in [1.82, 2.24) is 14.7 Å². The summed E-state index contributed by atoms with van der Waals surface area (Å²) >= 11 is 0. The van der Waals surface area contributed by atoms with Gasteiger partial charge in [0.25, 0.3) is 5.91 Å². The molecule has 0 spiro atoms. The number of morpholine rings is 1. The number of likely N-dealkylation sites (tertiary alicyclic amines) is 1. The molecule has 0 N–H and O–H groups in total. The van der Waals surface area contributed by atoms with Crippen molar-refractivity contribution in [2.45, 2.75) is 76.9 Å². The van der Waals surface area contributed by atoms with Gasteiger partial charge in [0.15, 0.2) is 6.61 Å². The molecule has 3 aliphatic rings. The highest BCUT2D eigenvalue weighted by Gasteiger charge is 2.46. The molecule has 3 rings (SSSR count). The zero-order valence-corrected chi connectivity index (χ0v) is 21.4. The molecule has 1 aliphatic carbocycles. The summed E-state index contributed by atoms with van der Waals surface area (Å²) in [6.07, 6.45) is 4.97. The van der Waals surface area contributed by atoms with Crippen LogP contribution in [-0.4, -0.2) is 96.5 Å². The molecule has 2 aliphatic heterocycles. The molecule has 10 heteroatoms. The summed E-state index contributed by atoms with van der Waals surface area (Å²) in [5.41, 5.74) is -1.69. The van der Waals surface area contributed by atoms with Crippen molar-refractivity contribution < 1.29 is 28.6 Å². The first-order chi connectivity index (χ1) is 16.6. The maximum atomic E-state index is 13.3. The minimum Gasteiger partial charge on any atom is -0.444 e. The van der Waals surface area contributed by atoms with Crippen molar-refractivity contribution in [3.63, 3.8) is 0 Å². The van der Waals surface area contributed by atoms with E-state index in [0.717, 1.165) is 25.7 Å². The van der Waals surface area contributed by atoms with E-state index in [1.807, 2.05) is 20.8 Å². The number of hydrogen-bond acceptors (Lipinski definition) is 7. The van der Waals surface area contributed by atoms with E-state index in [-0.39, 0.29) is 12.5 Å². The second-order valence-electron chi connectivity index (χ2n) is 10.8. The van der Waals surface area contributed by atoms with Crippen molar-refractivity contribution in [2.75, 3.05) is 52.5 Å². The first kappa shape index (κ1) is 27.1. The fourth-order valence-electron chi connectivity index (χ4n) is 4.99. The quantitative estimate of drug-likeness (QED) is 0.579. The van der Waals surface area contributed by atoms with Crippen molar-refractivity contribution >= 4 is 18.1 Å². The van der Waals surface area contributed by atoms with Gasteiger partial charge in [-0.05, 0) is 39.5 Å². The van der Waals surface area contributed by atoms with Crippen LogP contribution >= 0.6 is 0 Å². The lowest BCUT2D eigenvalue weighted by atomic mass is 9.84. The van der Waals surface area contributed by atoms with E-state index in [2.05, 4.69) is 6.07 Å². The third-order valence-corrected chi connectivity index (χ3v) is 7.04. The first-order valence-electron chi connectivity index (χ1n) is 12.8. The molecular weight excluding hydrogens is 452 g/mol. The first-order valence-corrected chi connectivity index (χ1v) is 12.8. The number of hydrogen-bond donors (Lipinski definition) is 0. The van der Waals surface area contributed by atoms with Crippen LogP contribution in [-0.2, 0) is 19.0 Å². The van der Waals surface area contributed by atoms with Crippen molar-refractivity contribution in [2.24, 2.45) is 5.92 Å². The average molecular weight is 493 g/mol. The van der Waals surface area contributed by atoms with Crippen LogP contribution in [0.25, 0.3) is 0 Å². The van der Waals surface area contributed by atoms with Crippen LogP contribution < -0.4 is 0 Å². The van der Waals surface area contributed by atoms with Gasteiger partial charge in [0.1, 0.15) is 11.1 Å². The Morgan fingerprint density at radius 1 is 1.03 bits per heavy atom. The molecular formula is C25H40N4O6. The molecule has 0 aromatic carbocycles. The molecule has 35 heavy (non-hydrogen) atoms. The van der Waals surface area contributed by atoms with Crippen LogP contribution in [0.1, 0.15) is 65.7 Å². The summed E-state index contributed by atoms with van der Waals surface area (Å²) in [5, 5.41) is 10.3. The average Bonchev–Trinajstić information content (AvgIpc) is 2.86. The van der Waals surface area contributed by atoms with E-state index in [4.69, 9.17) is 14.2 Å². The highest BCUT2D eigenvalue weighted by molar-refractivity contribution is 5.80. The van der Waals surface area contributed by atoms with Crippen LogP contribution in [0.5, 0.6) is 0 Å². The van der Waals surface area contributed by atoms with Gasteiger partial charge in [-0.15, -0.1) is 0 Å². The number of piperidine rings is 1. The Morgan fingerprint density at radius 2 is 1.66 bits per heavy atom. The topological polar surface area (TPSA) is 112 Å². The lowest BCUT2D eigenvalue weighted by Gasteiger charge is -2.45. The van der Waals surface area contributed by atoms with Crippen molar-refractivity contribution in [3.8, 4) is 6.07 Å². The fourth-order valence-corrected chi connectivity index (χ4v) is 4.99.